The van der Waals surface area contributed by atoms with Crippen molar-refractivity contribution < 1.29 is 9.90 Å². The quantitative estimate of drug-likeness (QED) is 0.842. The lowest BCUT2D eigenvalue weighted by molar-refractivity contribution is -0.132. The van der Waals surface area contributed by atoms with Crippen LogP contribution in [-0.2, 0) is 4.79 Å². The molecule has 0 spiro atoms. The minimum Gasteiger partial charge on any atom is -0.478 e. The van der Waals surface area contributed by atoms with Crippen LogP contribution >= 0.6 is 0 Å². The zero-order chi connectivity index (χ0) is 13.1. The second kappa shape index (κ2) is 4.87. The molecule has 18 heavy (non-hydrogen) atoms. The summed E-state index contributed by atoms with van der Waals surface area (Å²) in [4.78, 5) is 10.8. The number of rotatable bonds is 3. The van der Waals surface area contributed by atoms with Gasteiger partial charge in [0.25, 0.3) is 0 Å². The average molecular weight is 242 g/mol. The number of carboxylic acid groups (broad SMARTS) is 1. The zero-order valence-corrected chi connectivity index (χ0v) is 10.3. The standard InChI is InChI=1S/C14H14N2O2/c1-10(14(17)18)8-12-9-15-16(11(12)2)13-6-4-3-5-7-13/h3-9H,1-2H3,(H,17,18)/b10-8+. The molecule has 0 amide bonds. The van der Waals surface area contributed by atoms with Crippen molar-refractivity contribution in [1.82, 2.24) is 9.78 Å². The summed E-state index contributed by atoms with van der Waals surface area (Å²) < 4.78 is 1.79. The van der Waals surface area contributed by atoms with Crippen molar-refractivity contribution in [2.24, 2.45) is 0 Å². The Morgan fingerprint density at radius 3 is 2.61 bits per heavy atom. The molecule has 0 bridgehead atoms. The average Bonchev–Trinajstić information content (AvgIpc) is 2.72. The molecule has 1 N–H and O–H groups in total. The first-order valence-electron chi connectivity index (χ1n) is 5.61. The maximum absolute atomic E-state index is 10.8. The van der Waals surface area contributed by atoms with Crippen molar-refractivity contribution in [2.45, 2.75) is 13.8 Å². The highest BCUT2D eigenvalue weighted by Gasteiger charge is 2.08. The number of aliphatic carboxylic acids is 1. The van der Waals surface area contributed by atoms with Gasteiger partial charge >= 0.3 is 5.97 Å². The second-order valence-corrected chi connectivity index (χ2v) is 4.07. The lowest BCUT2D eigenvalue weighted by Gasteiger charge is -2.03. The Morgan fingerprint density at radius 2 is 2.00 bits per heavy atom. The van der Waals surface area contributed by atoms with Crippen LogP contribution in [0.4, 0.5) is 0 Å². The van der Waals surface area contributed by atoms with Crippen molar-refractivity contribution in [3.63, 3.8) is 0 Å². The Kier molecular flexibility index (Phi) is 3.28. The molecule has 2 rings (SSSR count). The molecule has 0 saturated carbocycles. The highest BCUT2D eigenvalue weighted by atomic mass is 16.4. The van der Waals surface area contributed by atoms with E-state index in [-0.39, 0.29) is 0 Å². The molecule has 0 aliphatic carbocycles. The summed E-state index contributed by atoms with van der Waals surface area (Å²) in [7, 11) is 0. The van der Waals surface area contributed by atoms with E-state index in [2.05, 4.69) is 5.10 Å². The van der Waals surface area contributed by atoms with E-state index in [0.29, 0.717) is 5.57 Å². The smallest absolute Gasteiger partial charge is 0.331 e. The third kappa shape index (κ3) is 2.32. The molecule has 4 heteroatoms. The number of carbonyl (C=O) groups is 1. The number of para-hydroxylation sites is 1. The van der Waals surface area contributed by atoms with E-state index in [1.165, 1.54) is 0 Å². The van der Waals surface area contributed by atoms with E-state index < -0.39 is 5.97 Å². The molecule has 0 unspecified atom stereocenters. The second-order valence-electron chi connectivity index (χ2n) is 4.07. The van der Waals surface area contributed by atoms with Crippen LogP contribution in [0.2, 0.25) is 0 Å². The van der Waals surface area contributed by atoms with E-state index in [9.17, 15) is 4.79 Å². The third-order valence-corrected chi connectivity index (χ3v) is 2.76. The molecule has 0 aliphatic heterocycles. The van der Waals surface area contributed by atoms with E-state index in [4.69, 9.17) is 5.11 Å². The first-order valence-corrected chi connectivity index (χ1v) is 5.61. The van der Waals surface area contributed by atoms with Crippen molar-refractivity contribution in [3.8, 4) is 5.69 Å². The van der Waals surface area contributed by atoms with Crippen LogP contribution in [0.3, 0.4) is 0 Å². The molecular weight excluding hydrogens is 228 g/mol. The van der Waals surface area contributed by atoms with Crippen molar-refractivity contribution in [1.29, 1.82) is 0 Å². The van der Waals surface area contributed by atoms with Crippen LogP contribution in [-0.4, -0.2) is 20.9 Å². The first kappa shape index (κ1) is 12.1. The van der Waals surface area contributed by atoms with Crippen molar-refractivity contribution in [3.05, 3.63) is 53.4 Å². The highest BCUT2D eigenvalue weighted by molar-refractivity contribution is 5.91. The van der Waals surface area contributed by atoms with Gasteiger partial charge in [-0.3, -0.25) is 0 Å². The van der Waals surface area contributed by atoms with Gasteiger partial charge in [-0.15, -0.1) is 0 Å². The molecule has 4 nitrogen and oxygen atoms in total. The minimum absolute atomic E-state index is 0.297. The Hall–Kier alpha value is -2.36. The molecular formula is C14H14N2O2. The summed E-state index contributed by atoms with van der Waals surface area (Å²) in [5.74, 6) is -0.915. The molecule has 1 aromatic carbocycles. The van der Waals surface area contributed by atoms with Crippen LogP contribution in [0.5, 0.6) is 0 Å². The fraction of sp³-hybridized carbons (Fsp3) is 0.143. The number of carboxylic acids is 1. The third-order valence-electron chi connectivity index (χ3n) is 2.76. The van der Waals surface area contributed by atoms with Crippen molar-refractivity contribution >= 4 is 12.0 Å². The number of benzene rings is 1. The molecule has 1 aromatic heterocycles. The molecule has 1 heterocycles. The predicted molar refractivity (Wildman–Crippen MR) is 69.6 cm³/mol. The van der Waals surface area contributed by atoms with Gasteiger partial charge in [0.2, 0.25) is 0 Å². The van der Waals surface area contributed by atoms with Gasteiger partial charge in [-0.2, -0.15) is 5.10 Å². The highest BCUT2D eigenvalue weighted by Crippen LogP contribution is 2.16. The maximum atomic E-state index is 10.8. The topological polar surface area (TPSA) is 55.1 Å². The first-order chi connectivity index (χ1) is 8.59. The van der Waals surface area contributed by atoms with Gasteiger partial charge in [-0.1, -0.05) is 18.2 Å². The van der Waals surface area contributed by atoms with Gasteiger partial charge in [0.1, 0.15) is 0 Å². The Bertz CT molecular complexity index is 598. The van der Waals surface area contributed by atoms with Gasteiger partial charge in [0.05, 0.1) is 11.9 Å². The summed E-state index contributed by atoms with van der Waals surface area (Å²) in [5.41, 5.74) is 2.99. The van der Waals surface area contributed by atoms with E-state index in [1.807, 2.05) is 37.3 Å². The summed E-state index contributed by atoms with van der Waals surface area (Å²) in [6, 6.07) is 9.73. The molecule has 0 aliphatic rings. The summed E-state index contributed by atoms with van der Waals surface area (Å²) in [6.07, 6.45) is 3.30. The van der Waals surface area contributed by atoms with E-state index in [0.717, 1.165) is 16.9 Å². The lowest BCUT2D eigenvalue weighted by Crippen LogP contribution is -1.99. The number of aromatic nitrogens is 2. The molecule has 0 saturated heterocycles. The largest absolute Gasteiger partial charge is 0.478 e. The molecule has 92 valence electrons. The van der Waals surface area contributed by atoms with Crippen molar-refractivity contribution in [2.75, 3.05) is 0 Å². The van der Waals surface area contributed by atoms with Gasteiger partial charge in [-0.25, -0.2) is 9.48 Å². The summed E-state index contributed by atoms with van der Waals surface area (Å²) in [6.45, 7) is 3.49. The monoisotopic (exact) mass is 242 g/mol. The molecule has 0 radical (unpaired) electrons. The van der Waals surface area contributed by atoms with Crippen LogP contribution in [0.25, 0.3) is 11.8 Å². The van der Waals surface area contributed by atoms with Gasteiger partial charge in [-0.05, 0) is 32.1 Å². The van der Waals surface area contributed by atoms with Crippen LogP contribution < -0.4 is 0 Å². The molecule has 0 atom stereocenters. The Balaban J connectivity index is 2.42. The Morgan fingerprint density at radius 1 is 1.33 bits per heavy atom. The van der Waals surface area contributed by atoms with Gasteiger partial charge in [0.15, 0.2) is 0 Å². The fourth-order valence-electron chi connectivity index (χ4n) is 1.69. The maximum Gasteiger partial charge on any atom is 0.331 e. The minimum atomic E-state index is -0.915. The summed E-state index contributed by atoms with van der Waals surface area (Å²) >= 11 is 0. The zero-order valence-electron chi connectivity index (χ0n) is 10.3. The molecule has 2 aromatic rings. The van der Waals surface area contributed by atoms with Crippen LogP contribution in [0, 0.1) is 6.92 Å². The Labute approximate surface area is 105 Å². The normalized spacial score (nSPS) is 11.6. The van der Waals surface area contributed by atoms with Gasteiger partial charge < -0.3 is 5.11 Å². The fourth-order valence-corrected chi connectivity index (χ4v) is 1.69. The van der Waals surface area contributed by atoms with E-state index >= 15 is 0 Å². The lowest BCUT2D eigenvalue weighted by atomic mass is 10.2. The SMILES string of the molecule is C/C(=C\c1cnn(-c2ccccc2)c1C)C(=O)O. The number of hydrogen-bond donors (Lipinski definition) is 1. The molecule has 0 fully saturated rings. The van der Waals surface area contributed by atoms with Crippen LogP contribution in [0.15, 0.2) is 42.1 Å². The van der Waals surface area contributed by atoms with E-state index in [1.54, 1.807) is 23.9 Å². The number of hydrogen-bond acceptors (Lipinski definition) is 2. The number of nitrogens with zero attached hydrogens (tertiary/aromatic N) is 2. The van der Waals surface area contributed by atoms with Crippen LogP contribution in [0.1, 0.15) is 18.2 Å². The summed E-state index contributed by atoms with van der Waals surface area (Å²) in [5, 5.41) is 13.1. The van der Waals surface area contributed by atoms with Gasteiger partial charge in [0, 0.05) is 16.8 Å². The predicted octanol–water partition coefficient (Wildman–Crippen LogP) is 2.67.